The number of aromatic nitrogens is 3. The number of pyridine rings is 1. The molecule has 33 heavy (non-hydrogen) atoms. The number of hydrogen-bond acceptors (Lipinski definition) is 6. The number of carbonyl (C=O) groups excluding carboxylic acids is 1. The van der Waals surface area contributed by atoms with Crippen molar-refractivity contribution < 1.29 is 18.0 Å². The average molecular weight is 459 g/mol. The number of nitrogens with zero attached hydrogens (tertiary/aromatic N) is 3. The minimum Gasteiger partial charge on any atom is -0.365 e. The van der Waals surface area contributed by atoms with Gasteiger partial charge in [0.15, 0.2) is 11.6 Å². The Hall–Kier alpha value is -3.60. The van der Waals surface area contributed by atoms with Crippen LogP contribution in [0, 0.1) is 5.82 Å². The van der Waals surface area contributed by atoms with Crippen LogP contribution >= 0.6 is 0 Å². The van der Waals surface area contributed by atoms with Gasteiger partial charge in [-0.1, -0.05) is 6.07 Å². The van der Waals surface area contributed by atoms with E-state index in [-0.39, 0.29) is 17.8 Å². The zero-order valence-corrected chi connectivity index (χ0v) is 17.9. The number of alkyl halides is 2. The van der Waals surface area contributed by atoms with Crippen molar-refractivity contribution in [1.82, 2.24) is 20.1 Å². The number of nitrogens with one attached hydrogen (secondary N) is 3. The smallest absolute Gasteiger partial charge is 0.269 e. The lowest BCUT2D eigenvalue weighted by atomic mass is 9.87. The first-order chi connectivity index (χ1) is 15.8. The van der Waals surface area contributed by atoms with E-state index in [1.165, 1.54) is 0 Å². The second kappa shape index (κ2) is 9.10. The van der Waals surface area contributed by atoms with Crippen LogP contribution in [0.15, 0.2) is 48.8 Å². The summed E-state index contributed by atoms with van der Waals surface area (Å²) in [6.45, 7) is 0. The third-order valence-corrected chi connectivity index (χ3v) is 5.66. The van der Waals surface area contributed by atoms with Crippen LogP contribution < -0.4 is 21.7 Å². The van der Waals surface area contributed by atoms with E-state index in [2.05, 4.69) is 26.0 Å². The largest absolute Gasteiger partial charge is 0.365 e. The van der Waals surface area contributed by atoms with Gasteiger partial charge in [0.05, 0.1) is 11.3 Å². The highest BCUT2D eigenvalue weighted by atomic mass is 19.3. The molecule has 11 heteroatoms. The Labute approximate surface area is 188 Å². The van der Waals surface area contributed by atoms with Crippen LogP contribution in [-0.2, 0) is 0 Å². The highest BCUT2D eigenvalue weighted by Gasteiger charge is 2.47. The van der Waals surface area contributed by atoms with E-state index >= 15 is 0 Å². The Balaban J connectivity index is 1.68. The van der Waals surface area contributed by atoms with Crippen molar-refractivity contribution in [2.24, 2.45) is 5.73 Å². The lowest BCUT2D eigenvalue weighted by molar-refractivity contribution is -0.0550. The maximum Gasteiger partial charge on any atom is 0.269 e. The van der Waals surface area contributed by atoms with Gasteiger partial charge < -0.3 is 21.7 Å². The van der Waals surface area contributed by atoms with Gasteiger partial charge in [-0.3, -0.25) is 4.79 Å². The molecule has 3 aromatic rings. The number of amides is 1. The maximum atomic E-state index is 14.8. The summed E-state index contributed by atoms with van der Waals surface area (Å²) in [5.41, 5.74) is 6.46. The molecule has 0 radical (unpaired) electrons. The topological polar surface area (TPSA) is 110 Å². The van der Waals surface area contributed by atoms with Crippen LogP contribution in [0.2, 0.25) is 0 Å². The van der Waals surface area contributed by atoms with Crippen molar-refractivity contribution in [3.63, 3.8) is 0 Å². The second-order valence-electron chi connectivity index (χ2n) is 7.88. The van der Waals surface area contributed by atoms with E-state index in [1.807, 2.05) is 6.07 Å². The molecule has 0 spiro atoms. The van der Waals surface area contributed by atoms with E-state index in [0.717, 1.165) is 11.8 Å². The van der Waals surface area contributed by atoms with Gasteiger partial charge in [0.1, 0.15) is 11.9 Å². The molecular formula is C22H24F3N7O. The Morgan fingerprint density at radius 2 is 2.06 bits per heavy atom. The Morgan fingerprint density at radius 1 is 1.24 bits per heavy atom. The number of nitrogens with two attached hydrogens (primary N) is 1. The van der Waals surface area contributed by atoms with Crippen molar-refractivity contribution in [3.8, 4) is 5.69 Å². The fraction of sp³-hybridized carbons (Fsp3) is 0.318. The molecule has 1 fully saturated rings. The van der Waals surface area contributed by atoms with E-state index in [4.69, 9.17) is 5.73 Å². The highest BCUT2D eigenvalue weighted by molar-refractivity contribution is 5.98. The molecule has 1 aliphatic rings. The Bertz CT molecular complexity index is 1140. The molecule has 5 N–H and O–H groups in total. The fourth-order valence-electron chi connectivity index (χ4n) is 4.00. The minimum absolute atomic E-state index is 0.0517. The van der Waals surface area contributed by atoms with Crippen LogP contribution in [0.3, 0.4) is 0 Å². The van der Waals surface area contributed by atoms with Crippen LogP contribution in [0.4, 0.5) is 30.5 Å². The second-order valence-corrected chi connectivity index (χ2v) is 7.88. The summed E-state index contributed by atoms with van der Waals surface area (Å²) in [5.74, 6) is -5.36. The standard InChI is InChI=1S/C22H24F3N7O/c1-27-17-7-3-8-22(24,25)18(17)30-21-16(23)12-15(19(26)33)20(31-21)29-13-5-2-6-14(11-13)32-10-4-9-28-32/h2,4-6,9-12,17-18,27H,3,7-8H2,1H3,(H2,26,33)(H2,29,30,31). The fourth-order valence-corrected chi connectivity index (χ4v) is 4.00. The lowest BCUT2D eigenvalue weighted by Gasteiger charge is -2.38. The van der Waals surface area contributed by atoms with Gasteiger partial charge in [-0.15, -0.1) is 0 Å². The molecule has 1 aliphatic carbocycles. The predicted octanol–water partition coefficient (Wildman–Crippen LogP) is 3.44. The van der Waals surface area contributed by atoms with Gasteiger partial charge in [-0.05, 0) is 50.2 Å². The lowest BCUT2D eigenvalue weighted by Crippen LogP contribution is -2.56. The number of carbonyl (C=O) groups is 1. The molecule has 2 unspecified atom stereocenters. The molecule has 0 aliphatic heterocycles. The summed E-state index contributed by atoms with van der Waals surface area (Å²) in [7, 11) is 1.58. The van der Waals surface area contributed by atoms with Crippen LogP contribution in [-0.4, -0.2) is 45.7 Å². The number of primary amides is 1. The van der Waals surface area contributed by atoms with Gasteiger partial charge in [0, 0.05) is 30.5 Å². The molecule has 1 saturated carbocycles. The number of likely N-dealkylation sites (N-methyl/N-ethyl adjacent to an activating group) is 1. The molecule has 2 heterocycles. The molecule has 1 amide bonds. The van der Waals surface area contributed by atoms with Crippen molar-refractivity contribution in [2.45, 2.75) is 37.3 Å². The molecule has 2 atom stereocenters. The average Bonchev–Trinajstić information content (AvgIpc) is 3.32. The first kappa shape index (κ1) is 22.6. The summed E-state index contributed by atoms with van der Waals surface area (Å²) < 4.78 is 45.6. The van der Waals surface area contributed by atoms with Crippen molar-refractivity contribution in [3.05, 3.63) is 60.2 Å². The summed E-state index contributed by atoms with van der Waals surface area (Å²) in [4.78, 5) is 16.1. The zero-order chi connectivity index (χ0) is 23.6. The van der Waals surface area contributed by atoms with Crippen molar-refractivity contribution >= 4 is 23.2 Å². The summed E-state index contributed by atoms with van der Waals surface area (Å²) in [6.07, 6.45) is 3.94. The molecule has 0 bridgehead atoms. The molecule has 174 valence electrons. The van der Waals surface area contributed by atoms with Gasteiger partial charge in [-0.2, -0.15) is 5.10 Å². The first-order valence-corrected chi connectivity index (χ1v) is 10.5. The molecule has 2 aromatic heterocycles. The highest BCUT2D eigenvalue weighted by Crippen LogP contribution is 2.36. The molecule has 1 aromatic carbocycles. The number of rotatable bonds is 7. The number of hydrogen-bond donors (Lipinski definition) is 4. The summed E-state index contributed by atoms with van der Waals surface area (Å²) in [5, 5.41) is 12.5. The summed E-state index contributed by atoms with van der Waals surface area (Å²) >= 11 is 0. The zero-order valence-electron chi connectivity index (χ0n) is 17.9. The van der Waals surface area contributed by atoms with Gasteiger partial charge >= 0.3 is 0 Å². The van der Waals surface area contributed by atoms with E-state index < -0.39 is 35.5 Å². The van der Waals surface area contributed by atoms with Crippen LogP contribution in [0.1, 0.15) is 29.6 Å². The SMILES string of the molecule is CNC1CCCC(F)(F)C1Nc1nc(Nc2cccc(-n3cccn3)c2)c(C(N)=O)cc1F. The predicted molar refractivity (Wildman–Crippen MR) is 119 cm³/mol. The molecule has 8 nitrogen and oxygen atoms in total. The normalized spacial score (nSPS) is 19.8. The van der Waals surface area contributed by atoms with E-state index in [9.17, 15) is 18.0 Å². The van der Waals surface area contributed by atoms with Crippen LogP contribution in [0.5, 0.6) is 0 Å². The van der Waals surface area contributed by atoms with Gasteiger partial charge in [0.2, 0.25) is 0 Å². The molecule has 0 saturated heterocycles. The summed E-state index contributed by atoms with van der Waals surface area (Å²) in [6, 6.07) is 7.75. The van der Waals surface area contributed by atoms with E-state index in [0.29, 0.717) is 18.5 Å². The van der Waals surface area contributed by atoms with Gasteiger partial charge in [-0.25, -0.2) is 22.8 Å². The number of halogens is 3. The minimum atomic E-state index is -3.06. The van der Waals surface area contributed by atoms with Crippen molar-refractivity contribution in [1.29, 1.82) is 0 Å². The van der Waals surface area contributed by atoms with Gasteiger partial charge in [0.25, 0.3) is 11.8 Å². The third kappa shape index (κ3) is 4.77. The van der Waals surface area contributed by atoms with Crippen LogP contribution in [0.25, 0.3) is 5.69 Å². The van der Waals surface area contributed by atoms with E-state index in [1.54, 1.807) is 48.4 Å². The monoisotopic (exact) mass is 459 g/mol. The first-order valence-electron chi connectivity index (χ1n) is 10.5. The Kier molecular flexibility index (Phi) is 6.23. The Morgan fingerprint density at radius 3 is 2.76 bits per heavy atom. The number of benzene rings is 1. The molecule has 4 rings (SSSR count). The van der Waals surface area contributed by atoms with Crippen molar-refractivity contribution in [2.75, 3.05) is 17.7 Å². The molecular weight excluding hydrogens is 435 g/mol. The number of anilines is 3. The third-order valence-electron chi connectivity index (χ3n) is 5.66. The maximum absolute atomic E-state index is 14.8. The quantitative estimate of drug-likeness (QED) is 0.431.